The number of nitrogens with zero attached hydrogens (tertiary/aromatic N) is 3. The van der Waals surface area contributed by atoms with Crippen molar-refractivity contribution >= 4 is 17.5 Å². The Morgan fingerprint density at radius 1 is 0.786 bits per heavy atom. The van der Waals surface area contributed by atoms with Gasteiger partial charge in [0.15, 0.2) is 0 Å². The third kappa shape index (κ3) is 5.04. The summed E-state index contributed by atoms with van der Waals surface area (Å²) in [7, 11) is 1.66. The number of aromatic nitrogens is 1. The second kappa shape index (κ2) is 9.46. The van der Waals surface area contributed by atoms with Crippen LogP contribution in [0.4, 0.5) is 5.69 Å². The molecule has 0 aliphatic rings. The van der Waals surface area contributed by atoms with E-state index in [0.717, 1.165) is 11.1 Å². The van der Waals surface area contributed by atoms with Gasteiger partial charge in [-0.1, -0.05) is 48.5 Å². The fourth-order valence-corrected chi connectivity index (χ4v) is 2.88. The van der Waals surface area contributed by atoms with Crippen molar-refractivity contribution in [2.24, 2.45) is 0 Å². The number of hydrogen-bond donors (Lipinski definition) is 0. The van der Waals surface area contributed by atoms with Crippen LogP contribution in [-0.2, 0) is 22.6 Å². The number of amides is 2. The summed E-state index contributed by atoms with van der Waals surface area (Å²) in [5, 5.41) is 0. The molecule has 0 spiro atoms. The van der Waals surface area contributed by atoms with E-state index in [2.05, 4.69) is 4.98 Å². The molecule has 0 saturated heterocycles. The van der Waals surface area contributed by atoms with Gasteiger partial charge in [0, 0.05) is 31.7 Å². The summed E-state index contributed by atoms with van der Waals surface area (Å²) in [6.45, 7) is 0.802. The number of benzene rings is 2. The predicted molar refractivity (Wildman–Crippen MR) is 110 cm³/mol. The molecule has 5 heteroatoms. The first-order valence-electron chi connectivity index (χ1n) is 9.20. The van der Waals surface area contributed by atoms with E-state index >= 15 is 0 Å². The van der Waals surface area contributed by atoms with Gasteiger partial charge >= 0.3 is 11.8 Å². The largest absolute Gasteiger partial charge is 0.337 e. The highest BCUT2D eigenvalue weighted by atomic mass is 16.2. The minimum atomic E-state index is -0.535. The van der Waals surface area contributed by atoms with Crippen LogP contribution in [0.25, 0.3) is 0 Å². The fourth-order valence-electron chi connectivity index (χ4n) is 2.88. The van der Waals surface area contributed by atoms with Gasteiger partial charge in [-0.2, -0.15) is 0 Å². The summed E-state index contributed by atoms with van der Waals surface area (Å²) < 4.78 is 0. The molecule has 0 atom stereocenters. The van der Waals surface area contributed by atoms with Gasteiger partial charge in [-0.25, -0.2) is 0 Å². The van der Waals surface area contributed by atoms with Crippen LogP contribution in [0, 0.1) is 0 Å². The molecule has 0 radical (unpaired) electrons. The molecule has 0 N–H and O–H groups in total. The van der Waals surface area contributed by atoms with E-state index in [1.165, 1.54) is 9.80 Å². The normalized spacial score (nSPS) is 10.3. The van der Waals surface area contributed by atoms with Crippen molar-refractivity contribution in [2.45, 2.75) is 13.0 Å². The van der Waals surface area contributed by atoms with Gasteiger partial charge in [-0.05, 0) is 41.8 Å². The zero-order valence-corrected chi connectivity index (χ0v) is 15.9. The lowest BCUT2D eigenvalue weighted by atomic mass is 10.1. The van der Waals surface area contributed by atoms with Crippen LogP contribution in [-0.4, -0.2) is 35.3 Å². The van der Waals surface area contributed by atoms with Gasteiger partial charge in [0.2, 0.25) is 0 Å². The lowest BCUT2D eigenvalue weighted by molar-refractivity contribution is -0.143. The summed E-state index contributed by atoms with van der Waals surface area (Å²) in [4.78, 5) is 32.8. The number of likely N-dealkylation sites (N-methyl/N-ethyl adjacent to an activating group) is 1. The van der Waals surface area contributed by atoms with Gasteiger partial charge in [-0.15, -0.1) is 0 Å². The molecule has 0 bridgehead atoms. The molecule has 3 aromatic rings. The summed E-state index contributed by atoms with van der Waals surface area (Å²) in [5.74, 6) is -1.05. The molecule has 28 heavy (non-hydrogen) atoms. The predicted octanol–water partition coefficient (Wildman–Crippen LogP) is 3.32. The number of carbonyl (C=O) groups excluding carboxylic acids is 2. The molecule has 0 aliphatic heterocycles. The summed E-state index contributed by atoms with van der Waals surface area (Å²) >= 11 is 0. The van der Waals surface area contributed by atoms with Crippen LogP contribution >= 0.6 is 0 Å². The standard InChI is InChI=1S/C23H23N3O2/c1-25(17-14-19-12-15-24-16-13-19)22(27)23(28)26(21-10-6-3-7-11-21)18-20-8-4-2-5-9-20/h2-13,15-16H,14,17-18H2,1H3. The summed E-state index contributed by atoms with van der Waals surface area (Å²) in [6, 6.07) is 22.8. The highest BCUT2D eigenvalue weighted by molar-refractivity contribution is 6.40. The molecule has 0 fully saturated rings. The van der Waals surface area contributed by atoms with E-state index in [1.807, 2.05) is 72.8 Å². The van der Waals surface area contributed by atoms with Crippen LogP contribution < -0.4 is 4.90 Å². The van der Waals surface area contributed by atoms with Gasteiger partial charge in [0.1, 0.15) is 0 Å². The number of hydrogen-bond acceptors (Lipinski definition) is 3. The number of carbonyl (C=O) groups is 2. The van der Waals surface area contributed by atoms with Gasteiger partial charge in [0.25, 0.3) is 0 Å². The van der Waals surface area contributed by atoms with Crippen molar-refractivity contribution < 1.29 is 9.59 Å². The second-order valence-corrected chi connectivity index (χ2v) is 6.54. The first kappa shape index (κ1) is 19.3. The third-order valence-corrected chi connectivity index (χ3v) is 4.51. The number of rotatable bonds is 6. The first-order valence-corrected chi connectivity index (χ1v) is 9.20. The quantitative estimate of drug-likeness (QED) is 0.623. The molecule has 1 aromatic heterocycles. The Kier molecular flexibility index (Phi) is 6.52. The Morgan fingerprint density at radius 3 is 2.04 bits per heavy atom. The Bertz CT molecular complexity index is 899. The summed E-state index contributed by atoms with van der Waals surface area (Å²) in [6.07, 6.45) is 4.11. The van der Waals surface area contributed by atoms with Crippen LogP contribution in [0.15, 0.2) is 85.2 Å². The van der Waals surface area contributed by atoms with Crippen molar-refractivity contribution in [3.63, 3.8) is 0 Å². The monoisotopic (exact) mass is 373 g/mol. The van der Waals surface area contributed by atoms with Crippen LogP contribution in [0.1, 0.15) is 11.1 Å². The SMILES string of the molecule is CN(CCc1ccncc1)C(=O)C(=O)N(Cc1ccccc1)c1ccccc1. The zero-order valence-electron chi connectivity index (χ0n) is 15.9. The van der Waals surface area contributed by atoms with Gasteiger partial charge < -0.3 is 4.90 Å². The van der Waals surface area contributed by atoms with Crippen molar-refractivity contribution in [1.82, 2.24) is 9.88 Å². The van der Waals surface area contributed by atoms with Crippen LogP contribution in [0.2, 0.25) is 0 Å². The van der Waals surface area contributed by atoms with E-state index in [9.17, 15) is 9.59 Å². The van der Waals surface area contributed by atoms with Gasteiger partial charge in [-0.3, -0.25) is 19.5 Å². The third-order valence-electron chi connectivity index (χ3n) is 4.51. The minimum absolute atomic E-state index is 0.341. The maximum atomic E-state index is 13.0. The zero-order chi connectivity index (χ0) is 19.8. The molecule has 0 aliphatic carbocycles. The van der Waals surface area contributed by atoms with Crippen molar-refractivity contribution in [3.8, 4) is 0 Å². The first-order chi connectivity index (χ1) is 13.6. The van der Waals surface area contributed by atoms with Crippen molar-refractivity contribution in [3.05, 3.63) is 96.3 Å². The highest BCUT2D eigenvalue weighted by Crippen LogP contribution is 2.18. The van der Waals surface area contributed by atoms with Crippen LogP contribution in [0.5, 0.6) is 0 Å². The van der Waals surface area contributed by atoms with E-state index in [-0.39, 0.29) is 0 Å². The Labute approximate surface area is 165 Å². The number of para-hydroxylation sites is 1. The maximum Gasteiger partial charge on any atom is 0.316 e. The Hall–Kier alpha value is -3.47. The fraction of sp³-hybridized carbons (Fsp3) is 0.174. The average molecular weight is 373 g/mol. The van der Waals surface area contributed by atoms with E-state index < -0.39 is 11.8 Å². The number of anilines is 1. The molecule has 1 heterocycles. The molecule has 2 aromatic carbocycles. The molecule has 3 rings (SSSR count). The lowest BCUT2D eigenvalue weighted by Crippen LogP contribution is -2.44. The van der Waals surface area contributed by atoms with Gasteiger partial charge in [0.05, 0.1) is 6.54 Å². The van der Waals surface area contributed by atoms with E-state index in [4.69, 9.17) is 0 Å². The highest BCUT2D eigenvalue weighted by Gasteiger charge is 2.26. The second-order valence-electron chi connectivity index (χ2n) is 6.54. The molecule has 2 amide bonds. The summed E-state index contributed by atoms with van der Waals surface area (Å²) in [5.41, 5.74) is 2.74. The topological polar surface area (TPSA) is 53.5 Å². The van der Waals surface area contributed by atoms with E-state index in [1.54, 1.807) is 19.4 Å². The average Bonchev–Trinajstić information content (AvgIpc) is 2.77. The Morgan fingerprint density at radius 2 is 1.39 bits per heavy atom. The smallest absolute Gasteiger partial charge is 0.316 e. The molecular formula is C23H23N3O2. The lowest BCUT2D eigenvalue weighted by Gasteiger charge is -2.25. The van der Waals surface area contributed by atoms with Crippen LogP contribution in [0.3, 0.4) is 0 Å². The molecule has 5 nitrogen and oxygen atoms in total. The molecular weight excluding hydrogens is 350 g/mol. The van der Waals surface area contributed by atoms with E-state index in [0.29, 0.717) is 25.2 Å². The van der Waals surface area contributed by atoms with Crippen molar-refractivity contribution in [1.29, 1.82) is 0 Å². The maximum absolute atomic E-state index is 13.0. The van der Waals surface area contributed by atoms with Crippen molar-refractivity contribution in [2.75, 3.05) is 18.5 Å². The molecule has 0 saturated carbocycles. The Balaban J connectivity index is 1.73. The molecule has 142 valence electrons. The minimum Gasteiger partial charge on any atom is -0.337 e. The number of pyridine rings is 1. The molecule has 0 unspecified atom stereocenters.